The van der Waals surface area contributed by atoms with Crippen LogP contribution in [0.15, 0.2) is 66.9 Å². The maximum atomic E-state index is 13.4. The molecule has 0 aliphatic carbocycles. The number of hydrogen-bond donors (Lipinski definition) is 0. The summed E-state index contributed by atoms with van der Waals surface area (Å²) in [6.45, 7) is 3.27. The number of methoxy groups -OCH3 is 1. The van der Waals surface area contributed by atoms with Crippen LogP contribution in [0, 0.1) is 18.3 Å². The van der Waals surface area contributed by atoms with E-state index in [1.807, 2.05) is 74.4 Å². The van der Waals surface area contributed by atoms with Crippen molar-refractivity contribution < 1.29 is 14.3 Å². The summed E-state index contributed by atoms with van der Waals surface area (Å²) in [6.07, 6.45) is 1.78. The average molecular weight is 454 g/mol. The van der Waals surface area contributed by atoms with Crippen LogP contribution in [0.1, 0.15) is 21.5 Å². The molecule has 0 radical (unpaired) electrons. The fraction of sp³-hybridized carbons (Fsp3) is 0.214. The molecule has 0 amide bonds. The third kappa shape index (κ3) is 4.66. The Kier molecular flexibility index (Phi) is 6.67. The Bertz CT molecular complexity index is 1380. The number of nitrogens with zero attached hydrogens (tertiary/aromatic N) is 3. The molecular weight excluding hydrogens is 426 g/mol. The molecule has 0 spiro atoms. The molecule has 1 aromatic heterocycles. The van der Waals surface area contributed by atoms with E-state index >= 15 is 0 Å². The SMILES string of the molecule is COc1cc2ccn(C(=O)c3ccc(-c4ccc(C#N)cc4)c(C)c3)c2cc1OCCN(C)C. The van der Waals surface area contributed by atoms with Crippen LogP contribution in [-0.4, -0.2) is 49.7 Å². The van der Waals surface area contributed by atoms with Gasteiger partial charge >= 0.3 is 0 Å². The Morgan fingerprint density at radius 1 is 1.03 bits per heavy atom. The van der Waals surface area contributed by atoms with Crippen molar-refractivity contribution in [3.05, 3.63) is 83.6 Å². The third-order valence-corrected chi connectivity index (χ3v) is 5.79. The number of fused-ring (bicyclic) bond motifs is 1. The minimum Gasteiger partial charge on any atom is -0.493 e. The lowest BCUT2D eigenvalue weighted by Gasteiger charge is -2.14. The van der Waals surface area contributed by atoms with Gasteiger partial charge in [-0.2, -0.15) is 5.26 Å². The van der Waals surface area contributed by atoms with E-state index < -0.39 is 0 Å². The number of hydrogen-bond acceptors (Lipinski definition) is 5. The van der Waals surface area contributed by atoms with E-state index in [0.29, 0.717) is 29.2 Å². The highest BCUT2D eigenvalue weighted by Gasteiger charge is 2.16. The first-order chi connectivity index (χ1) is 16.4. The molecule has 4 aromatic rings. The molecule has 0 atom stereocenters. The van der Waals surface area contributed by atoms with Gasteiger partial charge in [-0.3, -0.25) is 9.36 Å². The first-order valence-electron chi connectivity index (χ1n) is 11.0. The second-order valence-electron chi connectivity index (χ2n) is 8.42. The number of aromatic nitrogens is 1. The number of rotatable bonds is 7. The van der Waals surface area contributed by atoms with E-state index in [1.165, 1.54) is 0 Å². The van der Waals surface area contributed by atoms with Crippen LogP contribution in [0.3, 0.4) is 0 Å². The molecule has 0 saturated heterocycles. The van der Waals surface area contributed by atoms with Gasteiger partial charge in [-0.15, -0.1) is 0 Å². The first kappa shape index (κ1) is 23.1. The van der Waals surface area contributed by atoms with Gasteiger partial charge in [0.05, 0.1) is 24.3 Å². The molecule has 172 valence electrons. The number of carbonyl (C=O) groups excluding carboxylic acids is 1. The van der Waals surface area contributed by atoms with Crippen molar-refractivity contribution >= 4 is 16.8 Å². The van der Waals surface area contributed by atoms with E-state index in [-0.39, 0.29) is 5.91 Å². The average Bonchev–Trinajstić information content (AvgIpc) is 3.25. The fourth-order valence-electron chi connectivity index (χ4n) is 3.91. The maximum absolute atomic E-state index is 13.4. The van der Waals surface area contributed by atoms with Crippen LogP contribution < -0.4 is 9.47 Å². The molecule has 0 unspecified atom stereocenters. The molecule has 6 heteroatoms. The maximum Gasteiger partial charge on any atom is 0.262 e. The monoisotopic (exact) mass is 453 g/mol. The summed E-state index contributed by atoms with van der Waals surface area (Å²) >= 11 is 0. The Morgan fingerprint density at radius 3 is 2.44 bits per heavy atom. The molecule has 0 bridgehead atoms. The van der Waals surface area contributed by atoms with Crippen molar-refractivity contribution in [2.45, 2.75) is 6.92 Å². The van der Waals surface area contributed by atoms with Crippen molar-refractivity contribution in [3.63, 3.8) is 0 Å². The number of likely N-dealkylation sites (N-methyl/N-ethyl adjacent to an activating group) is 1. The standard InChI is InChI=1S/C28H27N3O3/c1-19-15-23(9-10-24(19)21-7-5-20(18-29)6-8-21)28(32)31-12-11-22-16-26(33-4)27(17-25(22)31)34-14-13-30(2)3/h5-12,15-17H,13-14H2,1-4H3. The van der Waals surface area contributed by atoms with Crippen LogP contribution in [0.2, 0.25) is 0 Å². The van der Waals surface area contributed by atoms with Gasteiger partial charge in [0, 0.05) is 29.8 Å². The van der Waals surface area contributed by atoms with Crippen LogP contribution in [0.4, 0.5) is 0 Å². The van der Waals surface area contributed by atoms with Gasteiger partial charge in [0.2, 0.25) is 0 Å². The predicted octanol–water partition coefficient (Wildman–Crippen LogP) is 5.13. The van der Waals surface area contributed by atoms with E-state index in [2.05, 4.69) is 6.07 Å². The van der Waals surface area contributed by atoms with E-state index in [9.17, 15) is 4.79 Å². The number of nitriles is 1. The highest BCUT2D eigenvalue weighted by atomic mass is 16.5. The van der Waals surface area contributed by atoms with E-state index in [1.54, 1.807) is 30.0 Å². The van der Waals surface area contributed by atoms with Gasteiger partial charge in [0.25, 0.3) is 5.91 Å². The molecule has 6 nitrogen and oxygen atoms in total. The summed E-state index contributed by atoms with van der Waals surface area (Å²) in [5.41, 5.74) is 5.00. The summed E-state index contributed by atoms with van der Waals surface area (Å²) in [6, 6.07) is 20.9. The largest absolute Gasteiger partial charge is 0.493 e. The Balaban J connectivity index is 1.65. The van der Waals surface area contributed by atoms with Gasteiger partial charge < -0.3 is 14.4 Å². The van der Waals surface area contributed by atoms with Gasteiger partial charge in [-0.05, 0) is 74.1 Å². The van der Waals surface area contributed by atoms with Gasteiger partial charge in [0.15, 0.2) is 11.5 Å². The smallest absolute Gasteiger partial charge is 0.262 e. The molecule has 0 aliphatic heterocycles. The lowest BCUT2D eigenvalue weighted by molar-refractivity contribution is 0.0965. The van der Waals surface area contributed by atoms with Crippen LogP contribution in [0.25, 0.3) is 22.0 Å². The normalized spacial score (nSPS) is 10.9. The highest BCUT2D eigenvalue weighted by molar-refractivity contribution is 6.03. The zero-order chi connectivity index (χ0) is 24.2. The molecule has 3 aromatic carbocycles. The molecule has 0 N–H and O–H groups in total. The number of benzene rings is 3. The summed E-state index contributed by atoms with van der Waals surface area (Å²) in [5, 5.41) is 9.92. The quantitative estimate of drug-likeness (QED) is 0.388. The lowest BCUT2D eigenvalue weighted by atomic mass is 9.97. The third-order valence-electron chi connectivity index (χ3n) is 5.79. The highest BCUT2D eigenvalue weighted by Crippen LogP contribution is 2.33. The Labute approximate surface area is 199 Å². The molecule has 34 heavy (non-hydrogen) atoms. The van der Waals surface area contributed by atoms with Crippen LogP contribution >= 0.6 is 0 Å². The first-order valence-corrected chi connectivity index (χ1v) is 11.0. The minimum atomic E-state index is -0.117. The Morgan fingerprint density at radius 2 is 1.79 bits per heavy atom. The van der Waals surface area contributed by atoms with E-state index in [4.69, 9.17) is 14.7 Å². The van der Waals surface area contributed by atoms with Crippen molar-refractivity contribution in [2.24, 2.45) is 0 Å². The predicted molar refractivity (Wildman–Crippen MR) is 134 cm³/mol. The number of aryl methyl sites for hydroxylation is 1. The fourth-order valence-corrected chi connectivity index (χ4v) is 3.91. The summed E-state index contributed by atoms with van der Waals surface area (Å²) < 4.78 is 13.1. The van der Waals surface area contributed by atoms with Crippen molar-refractivity contribution in [3.8, 4) is 28.7 Å². The van der Waals surface area contributed by atoms with Crippen LogP contribution in [-0.2, 0) is 0 Å². The van der Waals surface area contributed by atoms with Crippen LogP contribution in [0.5, 0.6) is 11.5 Å². The van der Waals surface area contributed by atoms with E-state index in [0.717, 1.165) is 34.1 Å². The van der Waals surface area contributed by atoms with Gasteiger partial charge in [-0.25, -0.2) is 0 Å². The van der Waals surface area contributed by atoms with Crippen molar-refractivity contribution in [2.75, 3.05) is 34.4 Å². The molecular formula is C28H27N3O3. The molecule has 4 rings (SSSR count). The molecule has 0 aliphatic rings. The zero-order valence-electron chi connectivity index (χ0n) is 19.8. The second kappa shape index (κ2) is 9.82. The number of carbonyl (C=O) groups is 1. The van der Waals surface area contributed by atoms with Crippen molar-refractivity contribution in [1.82, 2.24) is 9.47 Å². The molecule has 1 heterocycles. The topological polar surface area (TPSA) is 67.5 Å². The minimum absolute atomic E-state index is 0.117. The van der Waals surface area contributed by atoms with Gasteiger partial charge in [-0.1, -0.05) is 18.2 Å². The molecule has 0 fully saturated rings. The lowest BCUT2D eigenvalue weighted by Crippen LogP contribution is -2.19. The second-order valence-corrected chi connectivity index (χ2v) is 8.42. The van der Waals surface area contributed by atoms with Crippen molar-refractivity contribution in [1.29, 1.82) is 5.26 Å². The van der Waals surface area contributed by atoms with Gasteiger partial charge in [0.1, 0.15) is 6.61 Å². The Hall–Kier alpha value is -4.08. The summed E-state index contributed by atoms with van der Waals surface area (Å²) in [5.74, 6) is 1.13. The number of ether oxygens (including phenoxy) is 2. The molecule has 0 saturated carbocycles. The summed E-state index contributed by atoms with van der Waals surface area (Å²) in [7, 11) is 5.59. The zero-order valence-corrected chi connectivity index (χ0v) is 19.8. The summed E-state index contributed by atoms with van der Waals surface area (Å²) in [4.78, 5) is 15.5.